The van der Waals surface area contributed by atoms with Crippen LogP contribution in [0.1, 0.15) is 49.8 Å². The maximum atomic E-state index is 12.3. The maximum absolute atomic E-state index is 12.3. The molecule has 2 unspecified atom stereocenters. The fourth-order valence-electron chi connectivity index (χ4n) is 3.80. The Bertz CT molecular complexity index is 500. The molecule has 3 nitrogen and oxygen atoms in total. The molecule has 0 radical (unpaired) electrons. The van der Waals surface area contributed by atoms with E-state index in [2.05, 4.69) is 36.5 Å². The van der Waals surface area contributed by atoms with Gasteiger partial charge in [0.2, 0.25) is 5.91 Å². The highest BCUT2D eigenvalue weighted by Crippen LogP contribution is 2.36. The fraction of sp³-hybridized carbons (Fsp3) is 0.588. The van der Waals surface area contributed by atoms with Crippen LogP contribution >= 0.6 is 0 Å². The predicted octanol–water partition coefficient (Wildman–Crippen LogP) is 2.55. The van der Waals surface area contributed by atoms with Gasteiger partial charge >= 0.3 is 0 Å². The Kier molecular flexibility index (Phi) is 3.79. The normalized spacial score (nSPS) is 32.1. The van der Waals surface area contributed by atoms with Gasteiger partial charge in [-0.2, -0.15) is 0 Å². The summed E-state index contributed by atoms with van der Waals surface area (Å²) in [4.78, 5) is 12.3. The molecule has 1 amide bonds. The van der Waals surface area contributed by atoms with Crippen LogP contribution in [-0.4, -0.2) is 11.9 Å². The molecule has 1 fully saturated rings. The maximum Gasteiger partial charge on any atom is 0.220 e. The van der Waals surface area contributed by atoms with Crippen molar-refractivity contribution in [2.24, 2.45) is 17.6 Å². The van der Waals surface area contributed by atoms with Crippen LogP contribution in [0.15, 0.2) is 24.3 Å². The second kappa shape index (κ2) is 5.57. The number of hydrogen-bond donors (Lipinski definition) is 2. The second-order valence-corrected chi connectivity index (χ2v) is 6.48. The smallest absolute Gasteiger partial charge is 0.220 e. The molecule has 0 spiro atoms. The molecule has 4 atom stereocenters. The fourth-order valence-corrected chi connectivity index (χ4v) is 3.80. The first kappa shape index (κ1) is 13.6. The van der Waals surface area contributed by atoms with Gasteiger partial charge < -0.3 is 11.1 Å². The number of carbonyl (C=O) groups is 1. The van der Waals surface area contributed by atoms with Gasteiger partial charge in [-0.25, -0.2) is 0 Å². The minimum Gasteiger partial charge on any atom is -0.349 e. The molecule has 108 valence electrons. The van der Waals surface area contributed by atoms with Crippen LogP contribution in [0.5, 0.6) is 0 Å². The van der Waals surface area contributed by atoms with E-state index in [1.807, 2.05) is 0 Å². The second-order valence-electron chi connectivity index (χ2n) is 6.48. The van der Waals surface area contributed by atoms with Gasteiger partial charge in [-0.3, -0.25) is 4.79 Å². The zero-order valence-corrected chi connectivity index (χ0v) is 12.1. The molecule has 1 aromatic carbocycles. The van der Waals surface area contributed by atoms with Gasteiger partial charge in [0.15, 0.2) is 0 Å². The summed E-state index contributed by atoms with van der Waals surface area (Å²) in [6.45, 7) is 2.21. The van der Waals surface area contributed by atoms with Crippen LogP contribution in [0.25, 0.3) is 0 Å². The summed E-state index contributed by atoms with van der Waals surface area (Å²) < 4.78 is 0. The summed E-state index contributed by atoms with van der Waals surface area (Å²) in [7, 11) is 0. The van der Waals surface area contributed by atoms with Crippen LogP contribution in [0.3, 0.4) is 0 Å². The van der Waals surface area contributed by atoms with Crippen molar-refractivity contribution in [2.45, 2.75) is 51.1 Å². The molecule has 0 aromatic heterocycles. The van der Waals surface area contributed by atoms with E-state index in [0.717, 1.165) is 19.3 Å². The van der Waals surface area contributed by atoms with Crippen molar-refractivity contribution >= 4 is 5.91 Å². The topological polar surface area (TPSA) is 55.1 Å². The number of benzene rings is 1. The molecule has 1 saturated carbocycles. The zero-order chi connectivity index (χ0) is 14.1. The summed E-state index contributed by atoms with van der Waals surface area (Å²) in [6, 6.07) is 8.84. The van der Waals surface area contributed by atoms with Gasteiger partial charge in [0.25, 0.3) is 0 Å². The van der Waals surface area contributed by atoms with Crippen LogP contribution in [0.2, 0.25) is 0 Å². The highest BCUT2D eigenvalue weighted by atomic mass is 16.1. The lowest BCUT2D eigenvalue weighted by molar-refractivity contribution is -0.123. The lowest BCUT2D eigenvalue weighted by atomic mass is 9.98. The molecular weight excluding hydrogens is 248 g/mol. The van der Waals surface area contributed by atoms with E-state index in [0.29, 0.717) is 18.3 Å². The number of amides is 1. The molecule has 0 aliphatic heterocycles. The van der Waals surface area contributed by atoms with Crippen LogP contribution in [0, 0.1) is 11.8 Å². The number of fused-ring (bicyclic) bond motifs is 1. The predicted molar refractivity (Wildman–Crippen MR) is 80.1 cm³/mol. The minimum atomic E-state index is 0.168. The Hall–Kier alpha value is -1.35. The summed E-state index contributed by atoms with van der Waals surface area (Å²) >= 11 is 0. The number of rotatable bonds is 3. The third-order valence-corrected chi connectivity index (χ3v) is 4.98. The van der Waals surface area contributed by atoms with Crippen molar-refractivity contribution in [2.75, 3.05) is 0 Å². The molecule has 1 aromatic rings. The van der Waals surface area contributed by atoms with Gasteiger partial charge in [-0.1, -0.05) is 37.6 Å². The summed E-state index contributed by atoms with van der Waals surface area (Å²) in [5.41, 5.74) is 8.73. The number of nitrogens with one attached hydrogen (secondary N) is 1. The molecular formula is C17H24N2O. The first-order valence-electron chi connectivity index (χ1n) is 7.78. The average Bonchev–Trinajstić information content (AvgIpc) is 2.95. The Balaban J connectivity index is 1.64. The van der Waals surface area contributed by atoms with Crippen LogP contribution in [0.4, 0.5) is 0 Å². The van der Waals surface area contributed by atoms with Gasteiger partial charge in [0, 0.05) is 12.5 Å². The molecule has 2 aliphatic carbocycles. The number of carbonyl (C=O) groups excluding carboxylic acids is 1. The van der Waals surface area contributed by atoms with Crippen molar-refractivity contribution in [3.8, 4) is 0 Å². The summed E-state index contributed by atoms with van der Waals surface area (Å²) in [5.74, 6) is 1.02. The molecule has 20 heavy (non-hydrogen) atoms. The van der Waals surface area contributed by atoms with E-state index in [1.165, 1.54) is 17.5 Å². The van der Waals surface area contributed by atoms with Gasteiger partial charge in [0.1, 0.15) is 0 Å². The third kappa shape index (κ3) is 2.59. The standard InChI is InChI=1S/C17H24N2O/c1-11-9-12-5-2-3-7-14(12)17(11)19-16(20)10-13-6-4-8-15(13)18/h2-3,5,7,11,13,15,17H,4,6,8-10,18H2,1H3,(H,19,20)/t11?,13-,15+,17?/m0/s1. The Morgan fingerprint density at radius 1 is 1.35 bits per heavy atom. The summed E-state index contributed by atoms with van der Waals surface area (Å²) in [5, 5.41) is 3.24. The molecule has 2 aliphatic rings. The summed E-state index contributed by atoms with van der Waals surface area (Å²) in [6.07, 6.45) is 4.99. The van der Waals surface area contributed by atoms with Crippen molar-refractivity contribution < 1.29 is 4.79 Å². The lowest BCUT2D eigenvalue weighted by Crippen LogP contribution is -2.34. The first-order valence-corrected chi connectivity index (χ1v) is 7.78. The Morgan fingerprint density at radius 2 is 2.15 bits per heavy atom. The van der Waals surface area contributed by atoms with Crippen molar-refractivity contribution in [3.63, 3.8) is 0 Å². The van der Waals surface area contributed by atoms with E-state index in [4.69, 9.17) is 5.73 Å². The first-order chi connectivity index (χ1) is 9.65. The van der Waals surface area contributed by atoms with Crippen LogP contribution in [-0.2, 0) is 11.2 Å². The van der Waals surface area contributed by atoms with Crippen LogP contribution < -0.4 is 11.1 Å². The van der Waals surface area contributed by atoms with E-state index >= 15 is 0 Å². The molecule has 0 saturated heterocycles. The zero-order valence-electron chi connectivity index (χ0n) is 12.1. The van der Waals surface area contributed by atoms with E-state index < -0.39 is 0 Å². The molecule has 3 N–H and O–H groups in total. The highest BCUT2D eigenvalue weighted by Gasteiger charge is 2.32. The average molecular weight is 272 g/mol. The van der Waals surface area contributed by atoms with Crippen molar-refractivity contribution in [3.05, 3.63) is 35.4 Å². The van der Waals surface area contributed by atoms with Gasteiger partial charge in [-0.05, 0) is 42.2 Å². The van der Waals surface area contributed by atoms with E-state index in [1.54, 1.807) is 0 Å². The van der Waals surface area contributed by atoms with Crippen molar-refractivity contribution in [1.29, 1.82) is 0 Å². The molecule has 0 heterocycles. The highest BCUT2D eigenvalue weighted by molar-refractivity contribution is 5.77. The Labute approximate surface area is 120 Å². The number of nitrogens with two attached hydrogens (primary N) is 1. The Morgan fingerprint density at radius 3 is 2.90 bits per heavy atom. The van der Waals surface area contributed by atoms with E-state index in [-0.39, 0.29) is 18.0 Å². The largest absolute Gasteiger partial charge is 0.349 e. The SMILES string of the molecule is CC1Cc2ccccc2C1NC(=O)C[C@@H]1CCC[C@H]1N. The van der Waals surface area contributed by atoms with Crippen molar-refractivity contribution in [1.82, 2.24) is 5.32 Å². The van der Waals surface area contributed by atoms with Gasteiger partial charge in [0.05, 0.1) is 6.04 Å². The quantitative estimate of drug-likeness (QED) is 0.888. The molecule has 3 rings (SSSR count). The molecule has 3 heteroatoms. The van der Waals surface area contributed by atoms with Gasteiger partial charge in [-0.15, -0.1) is 0 Å². The van der Waals surface area contributed by atoms with E-state index in [9.17, 15) is 4.79 Å². The minimum absolute atomic E-state index is 0.168. The third-order valence-electron chi connectivity index (χ3n) is 4.98. The monoisotopic (exact) mass is 272 g/mol. The molecule has 0 bridgehead atoms. The number of hydrogen-bond acceptors (Lipinski definition) is 2. The lowest BCUT2D eigenvalue weighted by Gasteiger charge is -2.21.